The number of hydrogen-bond donors (Lipinski definition) is 1. The van der Waals surface area contributed by atoms with Crippen LogP contribution in [-0.2, 0) is 9.59 Å². The van der Waals surface area contributed by atoms with Gasteiger partial charge in [-0.05, 0) is 12.8 Å². The average molecular weight is 113 g/mol. The molecule has 1 saturated carbocycles. The lowest BCUT2D eigenvalue weighted by atomic mass is 10.1. The van der Waals surface area contributed by atoms with Crippen molar-refractivity contribution in [2.24, 2.45) is 11.1 Å². The number of carbonyl (C=O) groups is 2. The van der Waals surface area contributed by atoms with Crippen LogP contribution in [0.3, 0.4) is 0 Å². The van der Waals surface area contributed by atoms with E-state index in [1.807, 2.05) is 0 Å². The molecule has 0 atom stereocenters. The lowest BCUT2D eigenvalue weighted by molar-refractivity contribution is -0.128. The summed E-state index contributed by atoms with van der Waals surface area (Å²) in [5.41, 5.74) is 4.12. The summed E-state index contributed by atoms with van der Waals surface area (Å²) < 4.78 is 0. The molecule has 1 amide bonds. The molecule has 0 heterocycles. The summed E-state index contributed by atoms with van der Waals surface area (Å²) in [4.78, 5) is 20.3. The van der Waals surface area contributed by atoms with Crippen molar-refractivity contribution in [1.82, 2.24) is 0 Å². The van der Waals surface area contributed by atoms with Gasteiger partial charge in [-0.3, -0.25) is 4.79 Å². The number of primary amides is 1. The number of amides is 1. The van der Waals surface area contributed by atoms with Crippen molar-refractivity contribution in [1.29, 1.82) is 0 Å². The zero-order chi connectivity index (χ0) is 6.20. The summed E-state index contributed by atoms with van der Waals surface area (Å²) in [6.45, 7) is 0. The highest BCUT2D eigenvalue weighted by Gasteiger charge is 2.48. The molecule has 0 aromatic rings. The topological polar surface area (TPSA) is 60.2 Å². The molecule has 0 spiro atoms. The third-order valence-corrected chi connectivity index (χ3v) is 1.50. The van der Waals surface area contributed by atoms with Gasteiger partial charge in [-0.15, -0.1) is 0 Å². The number of carbonyl (C=O) groups excluding carboxylic acids is 2. The molecule has 0 aliphatic heterocycles. The van der Waals surface area contributed by atoms with Crippen LogP contribution < -0.4 is 5.73 Å². The van der Waals surface area contributed by atoms with E-state index < -0.39 is 11.3 Å². The largest absolute Gasteiger partial charge is 0.369 e. The molecule has 1 aliphatic carbocycles. The fourth-order valence-corrected chi connectivity index (χ4v) is 0.557. The Kier molecular flexibility index (Phi) is 0.863. The minimum absolute atomic E-state index is 0.479. The van der Waals surface area contributed by atoms with Crippen LogP contribution >= 0.6 is 0 Å². The van der Waals surface area contributed by atoms with Crippen molar-refractivity contribution in [2.45, 2.75) is 12.8 Å². The van der Waals surface area contributed by atoms with E-state index in [9.17, 15) is 9.59 Å². The molecule has 0 bridgehead atoms. The lowest BCUT2D eigenvalue weighted by Crippen LogP contribution is -2.25. The third-order valence-electron chi connectivity index (χ3n) is 1.50. The van der Waals surface area contributed by atoms with Crippen molar-refractivity contribution in [3.63, 3.8) is 0 Å². The molecule has 0 radical (unpaired) electrons. The predicted molar refractivity (Wildman–Crippen MR) is 26.9 cm³/mol. The highest BCUT2D eigenvalue weighted by Crippen LogP contribution is 2.42. The molecule has 0 aromatic heterocycles. The molecule has 0 aromatic carbocycles. The molecule has 8 heavy (non-hydrogen) atoms. The van der Waals surface area contributed by atoms with Gasteiger partial charge in [-0.25, -0.2) is 0 Å². The van der Waals surface area contributed by atoms with Crippen molar-refractivity contribution in [3.8, 4) is 0 Å². The van der Waals surface area contributed by atoms with Gasteiger partial charge in [0.2, 0.25) is 5.91 Å². The summed E-state index contributed by atoms with van der Waals surface area (Å²) in [6.07, 6.45) is 1.94. The molecule has 44 valence electrons. The van der Waals surface area contributed by atoms with E-state index >= 15 is 0 Å². The monoisotopic (exact) mass is 113 g/mol. The molecule has 0 unspecified atom stereocenters. The lowest BCUT2D eigenvalue weighted by Gasteiger charge is -1.95. The summed E-state index contributed by atoms with van der Waals surface area (Å²) >= 11 is 0. The highest BCUT2D eigenvalue weighted by molar-refractivity contribution is 5.98. The van der Waals surface area contributed by atoms with Crippen LogP contribution in [0.5, 0.6) is 0 Å². The van der Waals surface area contributed by atoms with Crippen LogP contribution in [0.4, 0.5) is 0 Å². The summed E-state index contributed by atoms with van der Waals surface area (Å²) in [5.74, 6) is -0.479. The molecule has 3 nitrogen and oxygen atoms in total. The quantitative estimate of drug-likeness (QED) is 0.386. The molecule has 1 rings (SSSR count). The van der Waals surface area contributed by atoms with Gasteiger partial charge in [0.1, 0.15) is 11.7 Å². The van der Waals surface area contributed by atoms with E-state index in [-0.39, 0.29) is 0 Å². The number of nitrogens with two attached hydrogens (primary N) is 1. The van der Waals surface area contributed by atoms with Gasteiger partial charge in [0, 0.05) is 0 Å². The van der Waals surface area contributed by atoms with Crippen LogP contribution in [0.15, 0.2) is 0 Å². The fraction of sp³-hybridized carbons (Fsp3) is 0.600. The van der Waals surface area contributed by atoms with E-state index in [0.29, 0.717) is 19.1 Å². The first-order valence-corrected chi connectivity index (χ1v) is 2.47. The van der Waals surface area contributed by atoms with Gasteiger partial charge in [0.15, 0.2) is 0 Å². The SMILES string of the molecule is NC(=O)C1(C=O)CC1. The molecular formula is C5H7NO2. The summed E-state index contributed by atoms with van der Waals surface area (Å²) in [6, 6.07) is 0. The van der Waals surface area contributed by atoms with Gasteiger partial charge in [-0.1, -0.05) is 0 Å². The van der Waals surface area contributed by atoms with Crippen LogP contribution in [0.1, 0.15) is 12.8 Å². The van der Waals surface area contributed by atoms with Crippen LogP contribution in [0.2, 0.25) is 0 Å². The summed E-state index contributed by atoms with van der Waals surface area (Å²) in [5, 5.41) is 0. The van der Waals surface area contributed by atoms with Crippen molar-refractivity contribution < 1.29 is 9.59 Å². The molecular weight excluding hydrogens is 106 g/mol. The van der Waals surface area contributed by atoms with Crippen molar-refractivity contribution >= 4 is 12.2 Å². The number of hydrogen-bond acceptors (Lipinski definition) is 2. The van der Waals surface area contributed by atoms with Crippen LogP contribution in [0, 0.1) is 5.41 Å². The Morgan fingerprint density at radius 3 is 2.12 bits per heavy atom. The maximum absolute atomic E-state index is 10.3. The van der Waals surface area contributed by atoms with E-state index in [0.717, 1.165) is 0 Å². The third kappa shape index (κ3) is 0.510. The first-order valence-electron chi connectivity index (χ1n) is 2.47. The predicted octanol–water partition coefficient (Wildman–Crippen LogP) is -0.549. The Morgan fingerprint density at radius 2 is 2.12 bits per heavy atom. The van der Waals surface area contributed by atoms with Crippen LogP contribution in [0.25, 0.3) is 0 Å². The maximum Gasteiger partial charge on any atom is 0.230 e. The zero-order valence-electron chi connectivity index (χ0n) is 4.39. The normalized spacial score (nSPS) is 22.0. The van der Waals surface area contributed by atoms with E-state index in [1.165, 1.54) is 0 Å². The van der Waals surface area contributed by atoms with Crippen molar-refractivity contribution in [3.05, 3.63) is 0 Å². The molecule has 0 saturated heterocycles. The fourth-order valence-electron chi connectivity index (χ4n) is 0.557. The Balaban J connectivity index is 2.66. The first kappa shape index (κ1) is 5.28. The average Bonchev–Trinajstić information content (AvgIpc) is 2.44. The highest BCUT2D eigenvalue weighted by atomic mass is 16.2. The van der Waals surface area contributed by atoms with E-state index in [4.69, 9.17) is 5.73 Å². The van der Waals surface area contributed by atoms with Gasteiger partial charge in [-0.2, -0.15) is 0 Å². The van der Waals surface area contributed by atoms with Gasteiger partial charge in [0.05, 0.1) is 0 Å². The van der Waals surface area contributed by atoms with Gasteiger partial charge in [0.25, 0.3) is 0 Å². The standard InChI is InChI=1S/C5H7NO2/c6-4(8)5(3-7)1-2-5/h3H,1-2H2,(H2,6,8). The molecule has 3 heteroatoms. The van der Waals surface area contributed by atoms with Gasteiger partial charge >= 0.3 is 0 Å². The van der Waals surface area contributed by atoms with E-state index in [1.54, 1.807) is 0 Å². The molecule has 1 aliphatic rings. The van der Waals surface area contributed by atoms with Crippen molar-refractivity contribution in [2.75, 3.05) is 0 Å². The summed E-state index contributed by atoms with van der Waals surface area (Å²) in [7, 11) is 0. The molecule has 1 fully saturated rings. The number of rotatable bonds is 2. The first-order chi connectivity index (χ1) is 3.71. The Morgan fingerprint density at radius 1 is 1.62 bits per heavy atom. The second kappa shape index (κ2) is 1.31. The van der Waals surface area contributed by atoms with Gasteiger partial charge < -0.3 is 10.5 Å². The Labute approximate surface area is 46.9 Å². The Bertz CT molecular complexity index is 137. The second-order valence-electron chi connectivity index (χ2n) is 2.14. The Hall–Kier alpha value is -0.860. The smallest absolute Gasteiger partial charge is 0.230 e. The maximum atomic E-state index is 10.3. The molecule has 2 N–H and O–H groups in total. The second-order valence-corrected chi connectivity index (χ2v) is 2.14. The number of aldehydes is 1. The van der Waals surface area contributed by atoms with Crippen LogP contribution in [-0.4, -0.2) is 12.2 Å². The minimum atomic E-state index is -0.750. The zero-order valence-corrected chi connectivity index (χ0v) is 4.39. The minimum Gasteiger partial charge on any atom is -0.369 e. The van der Waals surface area contributed by atoms with E-state index in [2.05, 4.69) is 0 Å².